The minimum atomic E-state index is 0.972. The Bertz CT molecular complexity index is 129. The van der Waals surface area contributed by atoms with Crippen molar-refractivity contribution >= 4 is 0 Å². The van der Waals surface area contributed by atoms with Gasteiger partial charge in [-0.25, -0.2) is 0 Å². The van der Waals surface area contributed by atoms with Crippen LogP contribution in [0.3, 0.4) is 0 Å². The summed E-state index contributed by atoms with van der Waals surface area (Å²) in [5, 5.41) is 0. The predicted octanol–water partition coefficient (Wildman–Crippen LogP) is 3.78. The van der Waals surface area contributed by atoms with E-state index in [1.807, 2.05) is 12.2 Å². The molecular weight excluding hydrogens is 196 g/mol. The van der Waals surface area contributed by atoms with E-state index in [9.17, 15) is 0 Å². The summed E-state index contributed by atoms with van der Waals surface area (Å²) in [4.78, 5) is 0. The number of hydrogen-bond donors (Lipinski definition) is 0. The summed E-state index contributed by atoms with van der Waals surface area (Å²) < 4.78 is 1.03. The Morgan fingerprint density at radius 1 is 1.00 bits per heavy atom. The van der Waals surface area contributed by atoms with Crippen molar-refractivity contribution in [1.82, 2.24) is 0 Å². The molecule has 0 atom stereocenters. The molecule has 1 heteroatoms. The van der Waals surface area contributed by atoms with Gasteiger partial charge in [-0.15, -0.1) is 39.5 Å². The first kappa shape index (κ1) is 17.3. The van der Waals surface area contributed by atoms with E-state index in [4.69, 9.17) is 16.0 Å². The van der Waals surface area contributed by atoms with Crippen molar-refractivity contribution in [2.24, 2.45) is 0 Å². The zero-order valence-corrected chi connectivity index (χ0v) is 8.42. The van der Waals surface area contributed by atoms with E-state index in [0.717, 1.165) is 10.9 Å². The first-order valence-corrected chi connectivity index (χ1v) is 3.84. The van der Waals surface area contributed by atoms with Crippen LogP contribution in [0, 0.1) is 0 Å². The zero-order chi connectivity index (χ0) is 10.4. The molecule has 0 heterocycles. The molecule has 0 nitrogen and oxygen atoms in total. The molecule has 0 saturated carbocycles. The first-order valence-electron chi connectivity index (χ1n) is 3.37. The van der Waals surface area contributed by atoms with E-state index < -0.39 is 0 Å². The van der Waals surface area contributed by atoms with E-state index in [1.54, 1.807) is 0 Å². The van der Waals surface area contributed by atoms with Crippen LogP contribution in [0.1, 0.15) is 6.42 Å². The molecule has 0 fully saturated rings. The van der Waals surface area contributed by atoms with Crippen molar-refractivity contribution in [3.63, 3.8) is 0 Å². The third kappa shape index (κ3) is 16.1. The fraction of sp³-hybridized carbons (Fsp3) is 0.0909. The van der Waals surface area contributed by atoms with Gasteiger partial charge in [0.15, 0.2) is 0 Å². The van der Waals surface area contributed by atoms with Gasteiger partial charge in [-0.3, -0.25) is 0 Å². The second-order valence-corrected chi connectivity index (χ2v) is 1.80. The van der Waals surface area contributed by atoms with Crippen molar-refractivity contribution in [3.05, 3.63) is 62.2 Å². The Labute approximate surface area is 84.9 Å². The topological polar surface area (TPSA) is 0 Å². The summed E-state index contributed by atoms with van der Waals surface area (Å²) >= 11 is 4.93. The van der Waals surface area contributed by atoms with Gasteiger partial charge in [-0.1, -0.05) is 0 Å². The molecule has 0 N–H and O–H groups in total. The average Bonchev–Trinajstić information content (AvgIpc) is 2.66. The Morgan fingerprint density at radius 2 is 1.42 bits per heavy atom. The fourth-order valence-corrected chi connectivity index (χ4v) is 0.606. The van der Waals surface area contributed by atoms with Crippen LogP contribution < -0.4 is 0 Å². The van der Waals surface area contributed by atoms with Crippen LogP contribution in [-0.2, 0) is 16.0 Å². The van der Waals surface area contributed by atoms with Gasteiger partial charge < -0.3 is 0 Å². The number of hydrogen-bond acceptors (Lipinski definition) is 0. The monoisotopic (exact) mass is 212 g/mol. The van der Waals surface area contributed by atoms with Gasteiger partial charge >= 0.3 is 45.1 Å². The first-order chi connectivity index (χ1) is 5.89. The number of allylic oxidation sites excluding steroid dienone is 4. The molecule has 0 aromatic heterocycles. The summed E-state index contributed by atoms with van der Waals surface area (Å²) in [6.45, 7) is 18.0. The van der Waals surface area contributed by atoms with Crippen LogP contribution in [0.5, 0.6) is 0 Å². The molecule has 0 spiro atoms. The average molecular weight is 213 g/mol. The van der Waals surface area contributed by atoms with Crippen molar-refractivity contribution in [2.75, 3.05) is 0 Å². The second-order valence-electron chi connectivity index (χ2n) is 1.20. The van der Waals surface area contributed by atoms with Gasteiger partial charge in [0.1, 0.15) is 0 Å². The zero-order valence-electron chi connectivity index (χ0n) is 7.48. The van der Waals surface area contributed by atoms with E-state index >= 15 is 0 Å². The van der Waals surface area contributed by atoms with Crippen LogP contribution in [0.2, 0.25) is 0 Å². The Balaban J connectivity index is -0.000000117. The minimum absolute atomic E-state index is 0.972. The van der Waals surface area contributed by atoms with E-state index in [1.165, 1.54) is 0 Å². The van der Waals surface area contributed by atoms with Crippen molar-refractivity contribution < 1.29 is 16.0 Å². The Morgan fingerprint density at radius 3 is 1.50 bits per heavy atom. The molecular formula is C11H17Cu. The van der Waals surface area contributed by atoms with E-state index in [2.05, 4.69) is 45.5 Å². The summed E-state index contributed by atoms with van der Waals surface area (Å²) in [7, 11) is 0. The van der Waals surface area contributed by atoms with E-state index in [-0.39, 0.29) is 0 Å². The van der Waals surface area contributed by atoms with Gasteiger partial charge in [0, 0.05) is 0 Å². The van der Waals surface area contributed by atoms with Gasteiger partial charge in [0.25, 0.3) is 0 Å². The molecule has 1 aliphatic carbocycles. The standard InChI is InChI=1S/C5H5.3C2H4.Cu/c1-2-4-5-3-1;3*1-2;/h1-3H,4H2;3*1-2H2;. The van der Waals surface area contributed by atoms with Crippen LogP contribution in [0.25, 0.3) is 0 Å². The maximum absolute atomic E-state index is 4.93. The summed E-state index contributed by atoms with van der Waals surface area (Å²) in [5.41, 5.74) is 0. The molecule has 0 bridgehead atoms. The van der Waals surface area contributed by atoms with Crippen LogP contribution in [0.15, 0.2) is 62.2 Å². The maximum atomic E-state index is 4.93. The Hall–Kier alpha value is -0.781. The molecule has 1 aliphatic rings. The van der Waals surface area contributed by atoms with Crippen molar-refractivity contribution in [1.29, 1.82) is 0 Å². The third-order valence-electron chi connectivity index (χ3n) is 0.698. The van der Waals surface area contributed by atoms with Crippen molar-refractivity contribution in [3.8, 4) is 0 Å². The summed E-state index contributed by atoms with van der Waals surface area (Å²) in [6, 6.07) is 0. The molecule has 0 saturated heterocycles. The van der Waals surface area contributed by atoms with E-state index in [0.29, 0.717) is 0 Å². The normalized spacial score (nSPS) is 10.3. The van der Waals surface area contributed by atoms with Gasteiger partial charge in [-0.05, 0) is 0 Å². The SMILES string of the molecule is C=C.C=C.C=C.[Cu][C]1=CC=CC1. The molecule has 0 amide bonds. The summed E-state index contributed by atoms with van der Waals surface area (Å²) in [5.74, 6) is 0. The third-order valence-corrected chi connectivity index (χ3v) is 1.05. The van der Waals surface area contributed by atoms with Crippen LogP contribution in [-0.4, -0.2) is 0 Å². The van der Waals surface area contributed by atoms with Crippen LogP contribution >= 0.6 is 0 Å². The fourth-order valence-electron chi connectivity index (χ4n) is 0.405. The Kier molecular flexibility index (Phi) is 32.5. The number of rotatable bonds is 0. The molecule has 0 unspecified atom stereocenters. The molecule has 1 rings (SSSR count). The second kappa shape index (κ2) is 22.5. The van der Waals surface area contributed by atoms with Crippen LogP contribution in [0.4, 0.5) is 0 Å². The quantitative estimate of drug-likeness (QED) is 0.424. The molecule has 0 radical (unpaired) electrons. The molecule has 0 aromatic rings. The molecule has 72 valence electrons. The predicted molar refractivity (Wildman–Crippen MR) is 55.6 cm³/mol. The van der Waals surface area contributed by atoms with Gasteiger partial charge in [-0.2, -0.15) is 0 Å². The summed E-state index contributed by atoms with van der Waals surface area (Å²) in [6.07, 6.45) is 6.95. The van der Waals surface area contributed by atoms with Crippen molar-refractivity contribution in [2.45, 2.75) is 6.42 Å². The van der Waals surface area contributed by atoms with Gasteiger partial charge in [0.05, 0.1) is 0 Å². The molecule has 0 aliphatic heterocycles. The molecule has 0 aromatic carbocycles. The van der Waals surface area contributed by atoms with Gasteiger partial charge in [0.2, 0.25) is 0 Å². The molecule has 12 heavy (non-hydrogen) atoms.